The predicted octanol–water partition coefficient (Wildman–Crippen LogP) is 1.01. The number of carbonyl (C=O) groups excluding carboxylic acids is 3. The Labute approximate surface area is 165 Å². The van der Waals surface area contributed by atoms with E-state index in [9.17, 15) is 14.4 Å². The van der Waals surface area contributed by atoms with Crippen LogP contribution < -0.4 is 11.1 Å². The Balaban J connectivity index is 2.39. The van der Waals surface area contributed by atoms with E-state index in [1.807, 2.05) is 24.0 Å². The number of likely N-dealkylation sites (tertiary alicyclic amines) is 1. The molecule has 0 saturated carbocycles. The van der Waals surface area contributed by atoms with Crippen molar-refractivity contribution in [2.75, 3.05) is 51.4 Å². The molecular formula is C20H28N4O4. The molecule has 1 amide bonds. The minimum Gasteiger partial charge on any atom is -0.397 e. The topological polar surface area (TPSA) is 105 Å². The number of rotatable bonds is 9. The number of nitrogens with two attached hydrogens (primary N) is 1. The van der Waals surface area contributed by atoms with Crippen molar-refractivity contribution in [3.8, 4) is 0 Å². The van der Waals surface area contributed by atoms with Gasteiger partial charge in [-0.05, 0) is 37.5 Å². The van der Waals surface area contributed by atoms with Crippen LogP contribution in [-0.2, 0) is 24.6 Å². The summed E-state index contributed by atoms with van der Waals surface area (Å²) in [4.78, 5) is 42.9. The second kappa shape index (κ2) is 9.50. The molecule has 1 aliphatic heterocycles. The summed E-state index contributed by atoms with van der Waals surface area (Å²) in [6, 6.07) is 5.47. The highest BCUT2D eigenvalue weighted by atomic mass is 16.7. The molecule has 28 heavy (non-hydrogen) atoms. The average Bonchev–Trinajstić information content (AvgIpc) is 3.21. The zero-order chi connectivity index (χ0) is 20.7. The van der Waals surface area contributed by atoms with Gasteiger partial charge in [0.2, 0.25) is 5.91 Å². The molecule has 1 aliphatic rings. The first-order valence-electron chi connectivity index (χ1n) is 9.25. The van der Waals surface area contributed by atoms with E-state index in [0.717, 1.165) is 30.2 Å². The van der Waals surface area contributed by atoms with Gasteiger partial charge in [0.15, 0.2) is 5.78 Å². The van der Waals surface area contributed by atoms with E-state index in [0.29, 0.717) is 18.8 Å². The van der Waals surface area contributed by atoms with Crippen LogP contribution in [0.25, 0.3) is 0 Å². The summed E-state index contributed by atoms with van der Waals surface area (Å²) < 4.78 is 0. The molecule has 0 radical (unpaired) electrons. The maximum Gasteiger partial charge on any atom is 0.234 e. The van der Waals surface area contributed by atoms with Crippen molar-refractivity contribution >= 4 is 29.0 Å². The lowest BCUT2D eigenvalue weighted by atomic mass is 9.80. The summed E-state index contributed by atoms with van der Waals surface area (Å²) in [5.41, 5.74) is 7.19. The molecule has 1 fully saturated rings. The quantitative estimate of drug-likeness (QED) is 0.281. The third-order valence-electron chi connectivity index (χ3n) is 5.13. The summed E-state index contributed by atoms with van der Waals surface area (Å²) in [6.07, 6.45) is 2.77. The van der Waals surface area contributed by atoms with Crippen molar-refractivity contribution in [2.45, 2.75) is 25.2 Å². The zero-order valence-electron chi connectivity index (χ0n) is 16.7. The molecule has 8 heteroatoms. The van der Waals surface area contributed by atoms with Crippen LogP contribution in [0.15, 0.2) is 24.3 Å². The van der Waals surface area contributed by atoms with E-state index in [4.69, 9.17) is 10.6 Å². The third-order valence-corrected chi connectivity index (χ3v) is 5.13. The molecule has 0 aliphatic carbocycles. The van der Waals surface area contributed by atoms with Gasteiger partial charge in [-0.3, -0.25) is 9.59 Å². The van der Waals surface area contributed by atoms with Crippen LogP contribution in [-0.4, -0.2) is 67.9 Å². The molecule has 0 aromatic heterocycles. The number of nitrogens with one attached hydrogen (secondary N) is 1. The fourth-order valence-electron chi connectivity index (χ4n) is 3.51. The Kier molecular flexibility index (Phi) is 7.34. The molecule has 1 heterocycles. The highest BCUT2D eigenvalue weighted by Crippen LogP contribution is 2.33. The Morgan fingerprint density at radius 3 is 2.61 bits per heavy atom. The van der Waals surface area contributed by atoms with E-state index < -0.39 is 11.2 Å². The van der Waals surface area contributed by atoms with E-state index in [-0.39, 0.29) is 19.0 Å². The number of carbonyl (C=O) groups is 2. The van der Waals surface area contributed by atoms with E-state index in [2.05, 4.69) is 5.32 Å². The number of ketones is 1. The van der Waals surface area contributed by atoms with Gasteiger partial charge in [0.25, 0.3) is 0 Å². The molecule has 1 saturated heterocycles. The lowest BCUT2D eigenvalue weighted by Crippen LogP contribution is -2.51. The standard InChI is InChI=1S/C20H28N4O4/c1-20(19(27)23-9-4-5-10-23,14-24(28-3)13-16(26)8-11-25)15-6-7-18(22-2)17(21)12-15/h6-8,12,22H,4-5,9-10,13-14,21H2,1-3H3. The van der Waals surface area contributed by atoms with Crippen LogP contribution in [0.5, 0.6) is 0 Å². The molecule has 3 N–H and O–H groups in total. The Bertz CT molecular complexity index is 769. The average molecular weight is 388 g/mol. The lowest BCUT2D eigenvalue weighted by Gasteiger charge is -2.36. The smallest absolute Gasteiger partial charge is 0.234 e. The van der Waals surface area contributed by atoms with Gasteiger partial charge < -0.3 is 20.8 Å². The van der Waals surface area contributed by atoms with Crippen LogP contribution in [0.3, 0.4) is 0 Å². The van der Waals surface area contributed by atoms with Gasteiger partial charge >= 0.3 is 0 Å². The molecular weight excluding hydrogens is 360 g/mol. The fourth-order valence-corrected chi connectivity index (χ4v) is 3.51. The van der Waals surface area contributed by atoms with Crippen molar-refractivity contribution in [2.24, 2.45) is 0 Å². The molecule has 1 aromatic rings. The highest BCUT2D eigenvalue weighted by molar-refractivity contribution is 5.97. The number of nitrogens with zero attached hydrogens (tertiary/aromatic N) is 2. The van der Waals surface area contributed by atoms with Crippen LogP contribution in [0.2, 0.25) is 0 Å². The van der Waals surface area contributed by atoms with Crippen molar-refractivity contribution in [1.29, 1.82) is 0 Å². The molecule has 1 aromatic carbocycles. The normalized spacial score (nSPS) is 15.8. The lowest BCUT2D eigenvalue weighted by molar-refractivity contribution is -0.161. The first-order valence-corrected chi connectivity index (χ1v) is 9.25. The summed E-state index contributed by atoms with van der Waals surface area (Å²) in [7, 11) is 3.20. The van der Waals surface area contributed by atoms with Crippen molar-refractivity contribution in [3.05, 3.63) is 29.8 Å². The number of hydrogen-bond donors (Lipinski definition) is 2. The largest absolute Gasteiger partial charge is 0.397 e. The van der Waals surface area contributed by atoms with Gasteiger partial charge in [-0.15, -0.1) is 0 Å². The first-order chi connectivity index (χ1) is 13.3. The van der Waals surface area contributed by atoms with E-state index >= 15 is 0 Å². The molecule has 2 rings (SSSR count). The van der Waals surface area contributed by atoms with Gasteiger partial charge in [0.05, 0.1) is 36.5 Å². The van der Waals surface area contributed by atoms with Gasteiger partial charge in [-0.2, -0.15) is 5.06 Å². The number of hydroxylamine groups is 2. The third kappa shape index (κ3) is 4.78. The number of anilines is 2. The van der Waals surface area contributed by atoms with Crippen LogP contribution in [0.1, 0.15) is 25.3 Å². The van der Waals surface area contributed by atoms with Crippen LogP contribution in [0, 0.1) is 0 Å². The predicted molar refractivity (Wildman–Crippen MR) is 107 cm³/mol. The van der Waals surface area contributed by atoms with Crippen LogP contribution >= 0.6 is 0 Å². The maximum absolute atomic E-state index is 13.4. The van der Waals surface area contributed by atoms with E-state index in [1.165, 1.54) is 18.1 Å². The summed E-state index contributed by atoms with van der Waals surface area (Å²) in [5.74, 6) is 0.987. The Morgan fingerprint density at radius 1 is 1.39 bits per heavy atom. The van der Waals surface area contributed by atoms with Crippen molar-refractivity contribution < 1.29 is 19.2 Å². The molecule has 8 nitrogen and oxygen atoms in total. The van der Waals surface area contributed by atoms with Gasteiger partial charge in [-0.25, -0.2) is 4.79 Å². The maximum atomic E-state index is 13.4. The molecule has 0 spiro atoms. The first kappa shape index (κ1) is 21.6. The Morgan fingerprint density at radius 2 is 2.07 bits per heavy atom. The van der Waals surface area contributed by atoms with Gasteiger partial charge in [0.1, 0.15) is 5.94 Å². The number of benzene rings is 1. The molecule has 0 bridgehead atoms. The number of amides is 1. The van der Waals surface area contributed by atoms with Crippen LogP contribution in [0.4, 0.5) is 11.4 Å². The highest BCUT2D eigenvalue weighted by Gasteiger charge is 2.41. The second-order valence-electron chi connectivity index (χ2n) is 7.09. The second-order valence-corrected chi connectivity index (χ2v) is 7.09. The summed E-state index contributed by atoms with van der Waals surface area (Å²) >= 11 is 0. The van der Waals surface area contributed by atoms with Crippen molar-refractivity contribution in [1.82, 2.24) is 9.96 Å². The van der Waals surface area contributed by atoms with Gasteiger partial charge in [0, 0.05) is 26.7 Å². The van der Waals surface area contributed by atoms with E-state index in [1.54, 1.807) is 13.1 Å². The van der Waals surface area contributed by atoms with Gasteiger partial charge in [-0.1, -0.05) is 6.07 Å². The van der Waals surface area contributed by atoms with Crippen molar-refractivity contribution in [3.63, 3.8) is 0 Å². The SMILES string of the molecule is CNc1ccc(C(C)(CN(CC(=O)C=C=O)OC)C(=O)N2CCCC2)cc1N. The molecule has 1 unspecified atom stereocenters. The summed E-state index contributed by atoms with van der Waals surface area (Å²) in [6.45, 7) is 3.22. The molecule has 152 valence electrons. The zero-order valence-corrected chi connectivity index (χ0v) is 16.7. The molecule has 1 atom stereocenters. The summed E-state index contributed by atoms with van der Waals surface area (Å²) in [5, 5.41) is 4.39. The number of hydrogen-bond acceptors (Lipinski definition) is 7. The Hall–Kier alpha value is -2.67. The minimum absolute atomic E-state index is 0.0398. The monoisotopic (exact) mass is 388 g/mol. The number of nitrogen functional groups attached to an aromatic ring is 1. The minimum atomic E-state index is -0.980. The fraction of sp³-hybridized carbons (Fsp3) is 0.500.